The first-order valence-corrected chi connectivity index (χ1v) is 7.63. The summed E-state index contributed by atoms with van der Waals surface area (Å²) >= 11 is 12.0. The van der Waals surface area contributed by atoms with Crippen molar-refractivity contribution in [1.82, 2.24) is 9.97 Å². The fraction of sp³-hybridized carbons (Fsp3) is 0.312. The number of hydrogen-bond donors (Lipinski definition) is 0. The van der Waals surface area contributed by atoms with Crippen LogP contribution >= 0.6 is 23.2 Å². The molecule has 1 aromatic heterocycles. The molecular formula is C16H16Cl2N2O3. The van der Waals surface area contributed by atoms with Crippen molar-refractivity contribution in [3.63, 3.8) is 0 Å². The lowest BCUT2D eigenvalue weighted by Gasteiger charge is -2.15. The molecule has 0 spiro atoms. The molecule has 2 rings (SSSR count). The van der Waals surface area contributed by atoms with Crippen molar-refractivity contribution in [3.8, 4) is 11.9 Å². The van der Waals surface area contributed by atoms with Gasteiger partial charge in [0.1, 0.15) is 5.69 Å². The van der Waals surface area contributed by atoms with E-state index in [1.54, 1.807) is 18.2 Å². The SMILES string of the molecule is COc1nc(OC)c(C(C)C)c(C(=O)c2cc(Cl)cc(Cl)c2)n1. The number of halogens is 2. The highest BCUT2D eigenvalue weighted by molar-refractivity contribution is 6.35. The second-order valence-corrected chi connectivity index (χ2v) is 6.00. The third-order valence-electron chi connectivity index (χ3n) is 3.18. The summed E-state index contributed by atoms with van der Waals surface area (Å²) in [7, 11) is 2.91. The highest BCUT2D eigenvalue weighted by atomic mass is 35.5. The molecule has 0 amide bonds. The Morgan fingerprint density at radius 3 is 2.13 bits per heavy atom. The summed E-state index contributed by atoms with van der Waals surface area (Å²) in [6, 6.07) is 4.70. The van der Waals surface area contributed by atoms with Crippen LogP contribution in [0, 0.1) is 0 Å². The number of carbonyl (C=O) groups excluding carboxylic acids is 1. The third-order valence-corrected chi connectivity index (χ3v) is 3.62. The number of aromatic nitrogens is 2. The smallest absolute Gasteiger partial charge is 0.320 e. The second-order valence-electron chi connectivity index (χ2n) is 5.12. The number of ether oxygens (including phenoxy) is 2. The number of benzene rings is 1. The summed E-state index contributed by atoms with van der Waals surface area (Å²) in [6.07, 6.45) is 0. The van der Waals surface area contributed by atoms with Crippen molar-refractivity contribution in [2.24, 2.45) is 0 Å². The maximum absolute atomic E-state index is 12.9. The van der Waals surface area contributed by atoms with E-state index in [1.165, 1.54) is 14.2 Å². The van der Waals surface area contributed by atoms with Gasteiger partial charge in [0.2, 0.25) is 11.7 Å². The summed E-state index contributed by atoms with van der Waals surface area (Å²) in [5.41, 5.74) is 1.16. The molecule has 0 aliphatic heterocycles. The van der Waals surface area contributed by atoms with Gasteiger partial charge in [-0.25, -0.2) is 0 Å². The van der Waals surface area contributed by atoms with Gasteiger partial charge in [-0.05, 0) is 24.1 Å². The van der Waals surface area contributed by atoms with E-state index in [0.29, 0.717) is 27.1 Å². The van der Waals surface area contributed by atoms with Gasteiger partial charge in [-0.3, -0.25) is 4.79 Å². The zero-order valence-corrected chi connectivity index (χ0v) is 14.7. The topological polar surface area (TPSA) is 61.3 Å². The number of nitrogens with zero attached hydrogens (tertiary/aromatic N) is 2. The van der Waals surface area contributed by atoms with E-state index in [2.05, 4.69) is 9.97 Å². The maximum atomic E-state index is 12.9. The zero-order chi connectivity index (χ0) is 17.1. The molecule has 0 aliphatic carbocycles. The Balaban J connectivity index is 2.66. The summed E-state index contributed by atoms with van der Waals surface area (Å²) in [5.74, 6) is -0.0371. The summed E-state index contributed by atoms with van der Waals surface area (Å²) in [4.78, 5) is 21.2. The predicted molar refractivity (Wildman–Crippen MR) is 89.1 cm³/mol. The molecule has 0 bridgehead atoms. The lowest BCUT2D eigenvalue weighted by atomic mass is 9.97. The van der Waals surface area contributed by atoms with E-state index in [-0.39, 0.29) is 23.4 Å². The van der Waals surface area contributed by atoms with Crippen molar-refractivity contribution >= 4 is 29.0 Å². The molecule has 23 heavy (non-hydrogen) atoms. The highest BCUT2D eigenvalue weighted by Gasteiger charge is 2.24. The Morgan fingerprint density at radius 1 is 1.04 bits per heavy atom. The minimum absolute atomic E-state index is 0.0236. The Kier molecular flexibility index (Phi) is 5.44. The van der Waals surface area contributed by atoms with Crippen molar-refractivity contribution in [2.45, 2.75) is 19.8 Å². The molecule has 5 nitrogen and oxygen atoms in total. The third kappa shape index (κ3) is 3.74. The maximum Gasteiger partial charge on any atom is 0.320 e. The molecule has 7 heteroatoms. The van der Waals surface area contributed by atoms with Crippen LogP contribution in [-0.4, -0.2) is 30.0 Å². The van der Waals surface area contributed by atoms with E-state index in [1.807, 2.05) is 13.8 Å². The standard InChI is InChI=1S/C16H16Cl2N2O3/c1-8(2)12-13(19-16(23-4)20-15(12)22-3)14(21)9-5-10(17)7-11(18)6-9/h5-8H,1-4H3. The van der Waals surface area contributed by atoms with Crippen LogP contribution in [0.2, 0.25) is 10.0 Å². The number of ketones is 1. The minimum atomic E-state index is -0.322. The van der Waals surface area contributed by atoms with E-state index in [4.69, 9.17) is 32.7 Å². The summed E-state index contributed by atoms with van der Waals surface area (Å²) in [5, 5.41) is 0.750. The van der Waals surface area contributed by atoms with Gasteiger partial charge >= 0.3 is 6.01 Å². The Labute approximate surface area is 144 Å². The molecule has 122 valence electrons. The van der Waals surface area contributed by atoms with Crippen LogP contribution < -0.4 is 9.47 Å². The molecule has 1 aromatic carbocycles. The lowest BCUT2D eigenvalue weighted by Crippen LogP contribution is -2.13. The Hall–Kier alpha value is -1.85. The van der Waals surface area contributed by atoms with Gasteiger partial charge < -0.3 is 9.47 Å². The average molecular weight is 355 g/mol. The van der Waals surface area contributed by atoms with Crippen molar-refractivity contribution in [1.29, 1.82) is 0 Å². The molecule has 0 unspecified atom stereocenters. The number of rotatable bonds is 5. The predicted octanol–water partition coefficient (Wildman–Crippen LogP) is 4.16. The van der Waals surface area contributed by atoms with Gasteiger partial charge in [0.25, 0.3) is 0 Å². The molecule has 2 aromatic rings. The zero-order valence-electron chi connectivity index (χ0n) is 13.2. The van der Waals surface area contributed by atoms with Gasteiger partial charge in [0.15, 0.2) is 0 Å². The van der Waals surface area contributed by atoms with E-state index in [0.717, 1.165) is 0 Å². The summed E-state index contributed by atoms with van der Waals surface area (Å²) < 4.78 is 10.3. The van der Waals surface area contributed by atoms with Crippen LogP contribution in [0.5, 0.6) is 11.9 Å². The van der Waals surface area contributed by atoms with Crippen LogP contribution in [0.15, 0.2) is 18.2 Å². The van der Waals surface area contributed by atoms with Crippen LogP contribution in [-0.2, 0) is 0 Å². The minimum Gasteiger partial charge on any atom is -0.481 e. The van der Waals surface area contributed by atoms with Crippen molar-refractivity contribution in [3.05, 3.63) is 45.1 Å². The second kappa shape index (κ2) is 7.15. The monoisotopic (exact) mass is 354 g/mol. The molecule has 0 saturated heterocycles. The van der Waals surface area contributed by atoms with E-state index >= 15 is 0 Å². The first-order valence-electron chi connectivity index (χ1n) is 6.88. The van der Waals surface area contributed by atoms with Gasteiger partial charge in [-0.2, -0.15) is 9.97 Å². The first kappa shape index (κ1) is 17.5. The van der Waals surface area contributed by atoms with Gasteiger partial charge in [0.05, 0.1) is 14.2 Å². The quantitative estimate of drug-likeness (QED) is 0.754. The normalized spacial score (nSPS) is 10.7. The largest absolute Gasteiger partial charge is 0.481 e. The van der Waals surface area contributed by atoms with Gasteiger partial charge in [-0.15, -0.1) is 0 Å². The number of carbonyl (C=O) groups is 1. The van der Waals surface area contributed by atoms with Crippen molar-refractivity contribution in [2.75, 3.05) is 14.2 Å². The number of hydrogen-bond acceptors (Lipinski definition) is 5. The lowest BCUT2D eigenvalue weighted by molar-refractivity contribution is 0.103. The van der Waals surface area contributed by atoms with E-state index in [9.17, 15) is 4.79 Å². The Bertz CT molecular complexity index is 728. The van der Waals surface area contributed by atoms with Crippen LogP contribution in [0.1, 0.15) is 41.4 Å². The molecule has 0 aliphatic rings. The summed E-state index contributed by atoms with van der Waals surface area (Å²) in [6.45, 7) is 3.85. The fourth-order valence-electron chi connectivity index (χ4n) is 2.19. The van der Waals surface area contributed by atoms with Gasteiger partial charge in [-0.1, -0.05) is 37.0 Å². The molecule has 1 heterocycles. The molecule has 0 radical (unpaired) electrons. The van der Waals surface area contributed by atoms with Crippen LogP contribution in [0.4, 0.5) is 0 Å². The fourth-order valence-corrected chi connectivity index (χ4v) is 2.72. The molecule has 0 N–H and O–H groups in total. The molecule has 0 fully saturated rings. The number of methoxy groups -OCH3 is 2. The van der Waals surface area contributed by atoms with Crippen LogP contribution in [0.3, 0.4) is 0 Å². The van der Waals surface area contributed by atoms with E-state index < -0.39 is 0 Å². The average Bonchev–Trinajstić information content (AvgIpc) is 2.51. The van der Waals surface area contributed by atoms with Crippen molar-refractivity contribution < 1.29 is 14.3 Å². The molecule has 0 saturated carbocycles. The van der Waals surface area contributed by atoms with Gasteiger partial charge in [0, 0.05) is 21.2 Å². The van der Waals surface area contributed by atoms with Crippen LogP contribution in [0.25, 0.3) is 0 Å². The highest BCUT2D eigenvalue weighted by Crippen LogP contribution is 2.31. The molecule has 0 atom stereocenters. The molecular weight excluding hydrogens is 339 g/mol. The Morgan fingerprint density at radius 2 is 1.65 bits per heavy atom. The first-order chi connectivity index (χ1) is 10.9.